The van der Waals surface area contributed by atoms with Gasteiger partial charge in [0.1, 0.15) is 0 Å². The fourth-order valence-corrected chi connectivity index (χ4v) is 2.72. The summed E-state index contributed by atoms with van der Waals surface area (Å²) in [4.78, 5) is 4.54. The molecule has 1 aliphatic rings. The maximum Gasteiger partial charge on any atom is 0.203 e. The molecular weight excluding hydrogens is 210 g/mol. The summed E-state index contributed by atoms with van der Waals surface area (Å²) >= 11 is 0. The number of imidazole rings is 1. The highest BCUT2D eigenvalue weighted by Gasteiger charge is 2.22. The molecule has 0 radical (unpaired) electrons. The summed E-state index contributed by atoms with van der Waals surface area (Å²) in [6.45, 7) is 8.92. The molecule has 3 heteroatoms. The van der Waals surface area contributed by atoms with Gasteiger partial charge in [0.05, 0.1) is 5.69 Å². The molecule has 0 spiro atoms. The van der Waals surface area contributed by atoms with Crippen molar-refractivity contribution < 1.29 is 0 Å². The van der Waals surface area contributed by atoms with Crippen LogP contribution in [-0.2, 0) is 6.54 Å². The van der Waals surface area contributed by atoms with E-state index < -0.39 is 0 Å². The van der Waals surface area contributed by atoms with Crippen molar-refractivity contribution in [1.29, 1.82) is 0 Å². The zero-order chi connectivity index (χ0) is 12.3. The number of nitrogens with zero attached hydrogens (tertiary/aromatic N) is 2. The highest BCUT2D eigenvalue weighted by atomic mass is 15.2. The van der Waals surface area contributed by atoms with E-state index in [1.807, 2.05) is 13.0 Å². The quantitative estimate of drug-likeness (QED) is 0.790. The number of nitrogens with one attached hydrogen (secondary N) is 1. The van der Waals surface area contributed by atoms with Gasteiger partial charge in [-0.25, -0.2) is 4.98 Å². The Kier molecular flexibility index (Phi) is 3.87. The molecule has 1 heterocycles. The lowest BCUT2D eigenvalue weighted by atomic mass is 10.0. The van der Waals surface area contributed by atoms with Gasteiger partial charge in [0.25, 0.3) is 0 Å². The van der Waals surface area contributed by atoms with Gasteiger partial charge in [0.15, 0.2) is 0 Å². The Balaban J connectivity index is 2.03. The third-order valence-corrected chi connectivity index (χ3v) is 3.69. The standard InChI is InChI=1S/C14H23N3/c1-4-9-17-10-11(2)15-14(17)16-12(3)13-7-5-6-8-13/h4,10,12-13H,1,5-9H2,2-3H3,(H,15,16). The fraction of sp³-hybridized carbons (Fsp3) is 0.643. The van der Waals surface area contributed by atoms with Crippen LogP contribution in [0.3, 0.4) is 0 Å². The van der Waals surface area contributed by atoms with Crippen LogP contribution in [0, 0.1) is 12.8 Å². The average molecular weight is 233 g/mol. The molecule has 0 amide bonds. The monoisotopic (exact) mass is 233 g/mol. The molecule has 1 aromatic heterocycles. The minimum Gasteiger partial charge on any atom is -0.353 e. The topological polar surface area (TPSA) is 29.9 Å². The summed E-state index contributed by atoms with van der Waals surface area (Å²) in [5.41, 5.74) is 1.06. The summed E-state index contributed by atoms with van der Waals surface area (Å²) in [5, 5.41) is 3.56. The van der Waals surface area contributed by atoms with E-state index in [0.29, 0.717) is 6.04 Å². The van der Waals surface area contributed by atoms with Crippen LogP contribution < -0.4 is 5.32 Å². The molecule has 0 bridgehead atoms. The second-order valence-corrected chi connectivity index (χ2v) is 5.12. The molecule has 1 aliphatic carbocycles. The first-order valence-corrected chi connectivity index (χ1v) is 6.62. The SMILES string of the molecule is C=CCn1cc(C)nc1NC(C)C1CCCC1. The molecule has 1 aromatic rings. The van der Waals surface area contributed by atoms with Gasteiger partial charge in [-0.2, -0.15) is 0 Å². The van der Waals surface area contributed by atoms with Crippen molar-refractivity contribution in [3.8, 4) is 0 Å². The first kappa shape index (κ1) is 12.2. The Bertz CT molecular complexity index is 375. The molecule has 1 fully saturated rings. The van der Waals surface area contributed by atoms with Crippen LogP contribution in [0.25, 0.3) is 0 Å². The summed E-state index contributed by atoms with van der Waals surface area (Å²) in [6, 6.07) is 0.517. The van der Waals surface area contributed by atoms with Crippen molar-refractivity contribution in [2.75, 3.05) is 5.32 Å². The van der Waals surface area contributed by atoms with Crippen LogP contribution in [0.5, 0.6) is 0 Å². The van der Waals surface area contributed by atoms with E-state index in [-0.39, 0.29) is 0 Å². The van der Waals surface area contributed by atoms with Gasteiger partial charge in [-0.15, -0.1) is 6.58 Å². The number of hydrogen-bond donors (Lipinski definition) is 1. The van der Waals surface area contributed by atoms with Gasteiger partial charge < -0.3 is 9.88 Å². The second-order valence-electron chi connectivity index (χ2n) is 5.12. The maximum absolute atomic E-state index is 4.54. The minimum absolute atomic E-state index is 0.517. The minimum atomic E-state index is 0.517. The van der Waals surface area contributed by atoms with Crippen LogP contribution in [0.2, 0.25) is 0 Å². The maximum atomic E-state index is 4.54. The molecule has 1 unspecified atom stereocenters. The Morgan fingerprint density at radius 3 is 2.94 bits per heavy atom. The first-order chi connectivity index (χ1) is 8.20. The van der Waals surface area contributed by atoms with Crippen molar-refractivity contribution in [2.24, 2.45) is 5.92 Å². The Morgan fingerprint density at radius 2 is 2.29 bits per heavy atom. The van der Waals surface area contributed by atoms with Crippen molar-refractivity contribution in [3.63, 3.8) is 0 Å². The molecule has 0 aliphatic heterocycles. The van der Waals surface area contributed by atoms with Gasteiger partial charge in [0, 0.05) is 18.8 Å². The lowest BCUT2D eigenvalue weighted by Gasteiger charge is -2.21. The van der Waals surface area contributed by atoms with Gasteiger partial charge in [0.2, 0.25) is 5.95 Å². The second kappa shape index (κ2) is 5.39. The van der Waals surface area contributed by atoms with E-state index in [1.54, 1.807) is 0 Å². The number of aromatic nitrogens is 2. The van der Waals surface area contributed by atoms with Crippen LogP contribution >= 0.6 is 0 Å². The van der Waals surface area contributed by atoms with Crippen molar-refractivity contribution in [3.05, 3.63) is 24.5 Å². The zero-order valence-electron chi connectivity index (χ0n) is 10.9. The van der Waals surface area contributed by atoms with E-state index in [9.17, 15) is 0 Å². The van der Waals surface area contributed by atoms with Gasteiger partial charge in [-0.1, -0.05) is 18.9 Å². The van der Waals surface area contributed by atoms with E-state index in [0.717, 1.165) is 24.1 Å². The zero-order valence-corrected chi connectivity index (χ0v) is 10.9. The molecule has 0 aromatic carbocycles. The average Bonchev–Trinajstić information content (AvgIpc) is 2.89. The van der Waals surface area contributed by atoms with Crippen LogP contribution in [0.1, 0.15) is 38.3 Å². The van der Waals surface area contributed by atoms with Gasteiger partial charge in [-0.05, 0) is 32.6 Å². The first-order valence-electron chi connectivity index (χ1n) is 6.62. The lowest BCUT2D eigenvalue weighted by molar-refractivity contribution is 0.478. The third kappa shape index (κ3) is 2.90. The largest absolute Gasteiger partial charge is 0.353 e. The van der Waals surface area contributed by atoms with E-state index >= 15 is 0 Å². The third-order valence-electron chi connectivity index (χ3n) is 3.69. The highest BCUT2D eigenvalue weighted by molar-refractivity contribution is 5.30. The summed E-state index contributed by atoms with van der Waals surface area (Å²) < 4.78 is 2.13. The smallest absolute Gasteiger partial charge is 0.203 e. The highest BCUT2D eigenvalue weighted by Crippen LogP contribution is 2.29. The molecule has 2 rings (SSSR count). The lowest BCUT2D eigenvalue weighted by Crippen LogP contribution is -2.25. The van der Waals surface area contributed by atoms with Crippen LogP contribution in [-0.4, -0.2) is 15.6 Å². The molecule has 1 atom stereocenters. The van der Waals surface area contributed by atoms with Crippen molar-refractivity contribution in [1.82, 2.24) is 9.55 Å². The number of anilines is 1. The Hall–Kier alpha value is -1.25. The number of rotatable bonds is 5. The van der Waals surface area contributed by atoms with Crippen LogP contribution in [0.15, 0.2) is 18.9 Å². The molecule has 1 N–H and O–H groups in total. The van der Waals surface area contributed by atoms with Gasteiger partial charge in [-0.3, -0.25) is 0 Å². The number of hydrogen-bond acceptors (Lipinski definition) is 2. The predicted octanol–water partition coefficient (Wildman–Crippen LogP) is 3.37. The Labute approximate surface area is 104 Å². The summed E-state index contributed by atoms with van der Waals surface area (Å²) in [7, 11) is 0. The number of aryl methyl sites for hydroxylation is 1. The Morgan fingerprint density at radius 1 is 1.59 bits per heavy atom. The fourth-order valence-electron chi connectivity index (χ4n) is 2.72. The van der Waals surface area contributed by atoms with E-state index in [2.05, 4.69) is 34.6 Å². The molecule has 17 heavy (non-hydrogen) atoms. The van der Waals surface area contributed by atoms with Crippen molar-refractivity contribution >= 4 is 5.95 Å². The van der Waals surface area contributed by atoms with Crippen LogP contribution in [0.4, 0.5) is 5.95 Å². The number of allylic oxidation sites excluding steroid dienone is 1. The molecule has 1 saturated carbocycles. The summed E-state index contributed by atoms with van der Waals surface area (Å²) in [5.74, 6) is 1.80. The molecule has 0 saturated heterocycles. The van der Waals surface area contributed by atoms with E-state index in [4.69, 9.17) is 0 Å². The molecular formula is C14H23N3. The van der Waals surface area contributed by atoms with Crippen molar-refractivity contribution in [2.45, 2.75) is 52.1 Å². The predicted molar refractivity (Wildman–Crippen MR) is 72.2 cm³/mol. The van der Waals surface area contributed by atoms with Gasteiger partial charge >= 0.3 is 0 Å². The molecule has 94 valence electrons. The normalized spacial score (nSPS) is 18.2. The molecule has 3 nitrogen and oxygen atoms in total. The van der Waals surface area contributed by atoms with E-state index in [1.165, 1.54) is 25.7 Å². The summed E-state index contributed by atoms with van der Waals surface area (Å²) in [6.07, 6.45) is 9.47.